The molecule has 0 fully saturated rings. The fraction of sp³-hybridized carbons (Fsp3) is 0.143. The molecule has 0 saturated carbocycles. The summed E-state index contributed by atoms with van der Waals surface area (Å²) >= 11 is 1.59. The van der Waals surface area contributed by atoms with E-state index in [-0.39, 0.29) is 0 Å². The van der Waals surface area contributed by atoms with Crippen molar-refractivity contribution in [3.63, 3.8) is 0 Å². The van der Waals surface area contributed by atoms with Crippen molar-refractivity contribution in [3.05, 3.63) is 46.0 Å². The Morgan fingerprint density at radius 1 is 1.43 bits per heavy atom. The van der Waals surface area contributed by atoms with Gasteiger partial charge in [-0.1, -0.05) is 6.07 Å². The zero-order valence-electron chi connectivity index (χ0n) is 11.0. The lowest BCUT2D eigenvalue weighted by Gasteiger charge is -1.96. The van der Waals surface area contributed by atoms with Gasteiger partial charge < -0.3 is 10.2 Å². The second-order valence-corrected chi connectivity index (χ2v) is 5.61. The normalized spacial score (nSPS) is 11.7. The van der Waals surface area contributed by atoms with Gasteiger partial charge in [-0.2, -0.15) is 0 Å². The number of nitrogens with zero attached hydrogens (tertiary/aromatic N) is 2. The summed E-state index contributed by atoms with van der Waals surface area (Å²) in [6.45, 7) is 0.611. The average molecular weight is 300 g/mol. The summed E-state index contributed by atoms with van der Waals surface area (Å²) < 4.78 is 7.15. The van der Waals surface area contributed by atoms with Crippen LogP contribution in [-0.2, 0) is 6.42 Å². The minimum absolute atomic E-state index is 0.446. The summed E-state index contributed by atoms with van der Waals surface area (Å²) in [5, 5.41) is 2.08. The molecule has 0 radical (unpaired) electrons. The Labute approximate surface area is 122 Å². The predicted octanol–water partition coefficient (Wildman–Crippen LogP) is 2.00. The molecule has 4 rings (SSSR count). The molecule has 6 nitrogen and oxygen atoms in total. The number of oxazole rings is 1. The molecule has 0 amide bonds. The monoisotopic (exact) mass is 300 g/mol. The van der Waals surface area contributed by atoms with Crippen LogP contribution in [-0.4, -0.2) is 20.9 Å². The van der Waals surface area contributed by atoms with E-state index in [0.717, 1.165) is 28.3 Å². The van der Waals surface area contributed by atoms with Gasteiger partial charge in [-0.05, 0) is 18.7 Å². The van der Waals surface area contributed by atoms with Crippen molar-refractivity contribution >= 4 is 27.4 Å². The van der Waals surface area contributed by atoms with Gasteiger partial charge in [0, 0.05) is 29.3 Å². The molecule has 21 heavy (non-hydrogen) atoms. The van der Waals surface area contributed by atoms with Crippen LogP contribution < -0.4 is 11.5 Å². The molecular formula is C14H12N4O2S. The molecule has 0 aliphatic carbocycles. The van der Waals surface area contributed by atoms with Crippen molar-refractivity contribution in [2.45, 2.75) is 6.42 Å². The van der Waals surface area contributed by atoms with E-state index >= 15 is 0 Å². The minimum atomic E-state index is -0.446. The molecule has 0 bridgehead atoms. The van der Waals surface area contributed by atoms with Gasteiger partial charge in [0.25, 0.3) is 0 Å². The van der Waals surface area contributed by atoms with Gasteiger partial charge in [0.2, 0.25) is 0 Å². The standard InChI is InChI=1S/C14H12N4O2S/c15-4-3-9-7-21-13-16-11(6-18(9)13)8-1-2-10-12(5-8)20-14(19)17-10/h1-2,5-7H,3-4,15H2,(H,17,19). The van der Waals surface area contributed by atoms with E-state index in [4.69, 9.17) is 10.2 Å². The van der Waals surface area contributed by atoms with E-state index in [0.29, 0.717) is 17.6 Å². The number of nitrogens with two attached hydrogens (primary N) is 1. The van der Waals surface area contributed by atoms with E-state index in [1.54, 1.807) is 11.3 Å². The van der Waals surface area contributed by atoms with E-state index in [1.807, 2.05) is 24.4 Å². The Balaban J connectivity index is 1.85. The number of hydrogen-bond acceptors (Lipinski definition) is 5. The first-order valence-electron chi connectivity index (χ1n) is 6.53. The maximum absolute atomic E-state index is 11.2. The summed E-state index contributed by atoms with van der Waals surface area (Å²) in [5.41, 5.74) is 9.77. The summed E-state index contributed by atoms with van der Waals surface area (Å²) in [5.74, 6) is -0.446. The highest BCUT2D eigenvalue weighted by Gasteiger charge is 2.10. The summed E-state index contributed by atoms with van der Waals surface area (Å²) in [6, 6.07) is 5.56. The number of aromatic nitrogens is 3. The van der Waals surface area contributed by atoms with Crippen LogP contribution in [0.4, 0.5) is 0 Å². The van der Waals surface area contributed by atoms with Crippen LogP contribution in [0.25, 0.3) is 27.3 Å². The second kappa shape index (κ2) is 4.57. The highest BCUT2D eigenvalue weighted by Crippen LogP contribution is 2.26. The number of aromatic amines is 1. The summed E-state index contributed by atoms with van der Waals surface area (Å²) in [7, 11) is 0. The molecule has 3 heterocycles. The Morgan fingerprint density at radius 2 is 2.33 bits per heavy atom. The number of H-pyrrole nitrogens is 1. The predicted molar refractivity (Wildman–Crippen MR) is 81.7 cm³/mol. The molecule has 3 N–H and O–H groups in total. The fourth-order valence-electron chi connectivity index (χ4n) is 2.40. The van der Waals surface area contributed by atoms with Crippen LogP contribution in [0.15, 0.2) is 39.0 Å². The lowest BCUT2D eigenvalue weighted by atomic mass is 10.1. The highest BCUT2D eigenvalue weighted by molar-refractivity contribution is 7.15. The van der Waals surface area contributed by atoms with E-state index in [2.05, 4.69) is 19.7 Å². The van der Waals surface area contributed by atoms with Crippen molar-refractivity contribution < 1.29 is 4.42 Å². The number of rotatable bonds is 3. The molecule has 0 aliphatic rings. The topological polar surface area (TPSA) is 89.3 Å². The van der Waals surface area contributed by atoms with Gasteiger partial charge in [-0.3, -0.25) is 9.38 Å². The number of thiazole rings is 1. The number of hydrogen-bond donors (Lipinski definition) is 2. The van der Waals surface area contributed by atoms with Crippen LogP contribution in [0.5, 0.6) is 0 Å². The molecule has 0 spiro atoms. The van der Waals surface area contributed by atoms with Crippen LogP contribution >= 0.6 is 11.3 Å². The summed E-state index contributed by atoms with van der Waals surface area (Å²) in [6.07, 6.45) is 2.81. The zero-order chi connectivity index (χ0) is 14.4. The number of nitrogens with one attached hydrogen (secondary N) is 1. The van der Waals surface area contributed by atoms with Crippen LogP contribution in [0, 0.1) is 0 Å². The number of imidazole rings is 1. The van der Waals surface area contributed by atoms with Gasteiger partial charge in [-0.15, -0.1) is 11.3 Å². The SMILES string of the molecule is NCCc1csc2nc(-c3ccc4[nH]c(=O)oc4c3)cn12. The fourth-order valence-corrected chi connectivity index (χ4v) is 3.31. The van der Waals surface area contributed by atoms with Gasteiger partial charge in [-0.25, -0.2) is 9.78 Å². The molecule has 1 aromatic carbocycles. The summed E-state index contributed by atoms with van der Waals surface area (Å²) in [4.78, 5) is 19.4. The van der Waals surface area contributed by atoms with Crippen molar-refractivity contribution in [2.24, 2.45) is 5.73 Å². The maximum atomic E-state index is 11.2. The molecule has 0 atom stereocenters. The van der Waals surface area contributed by atoms with Crippen LogP contribution in [0.3, 0.4) is 0 Å². The molecule has 106 valence electrons. The first-order valence-corrected chi connectivity index (χ1v) is 7.41. The van der Waals surface area contributed by atoms with Gasteiger partial charge in [0.1, 0.15) is 0 Å². The first kappa shape index (κ1) is 12.4. The van der Waals surface area contributed by atoms with Gasteiger partial charge in [0.05, 0.1) is 11.2 Å². The number of fused-ring (bicyclic) bond motifs is 2. The van der Waals surface area contributed by atoms with Crippen molar-refractivity contribution in [2.75, 3.05) is 6.54 Å². The molecule has 0 saturated heterocycles. The number of benzene rings is 1. The zero-order valence-corrected chi connectivity index (χ0v) is 11.8. The first-order chi connectivity index (χ1) is 10.2. The third kappa shape index (κ3) is 1.98. The second-order valence-electron chi connectivity index (χ2n) is 4.77. The third-order valence-corrected chi connectivity index (χ3v) is 4.29. The lowest BCUT2D eigenvalue weighted by Crippen LogP contribution is -2.04. The largest absolute Gasteiger partial charge is 0.417 e. The molecule has 7 heteroatoms. The molecule has 3 aromatic heterocycles. The van der Waals surface area contributed by atoms with Crippen molar-refractivity contribution in [1.29, 1.82) is 0 Å². The quantitative estimate of drug-likeness (QED) is 0.605. The third-order valence-electron chi connectivity index (χ3n) is 3.40. The van der Waals surface area contributed by atoms with E-state index in [1.165, 1.54) is 0 Å². The molecular weight excluding hydrogens is 288 g/mol. The van der Waals surface area contributed by atoms with Crippen molar-refractivity contribution in [3.8, 4) is 11.3 Å². The van der Waals surface area contributed by atoms with Crippen molar-refractivity contribution in [1.82, 2.24) is 14.4 Å². The highest BCUT2D eigenvalue weighted by atomic mass is 32.1. The Bertz CT molecular complexity index is 991. The Hall–Kier alpha value is -2.38. The molecule has 0 aliphatic heterocycles. The van der Waals surface area contributed by atoms with Gasteiger partial charge in [0.15, 0.2) is 10.5 Å². The van der Waals surface area contributed by atoms with Crippen LogP contribution in [0.2, 0.25) is 0 Å². The average Bonchev–Trinajstić information content (AvgIpc) is 3.12. The Kier molecular flexibility index (Phi) is 2.69. The Morgan fingerprint density at radius 3 is 3.19 bits per heavy atom. The minimum Gasteiger partial charge on any atom is -0.408 e. The smallest absolute Gasteiger partial charge is 0.408 e. The van der Waals surface area contributed by atoms with E-state index < -0.39 is 5.76 Å². The maximum Gasteiger partial charge on any atom is 0.417 e. The molecule has 0 unspecified atom stereocenters. The van der Waals surface area contributed by atoms with E-state index in [9.17, 15) is 4.79 Å². The lowest BCUT2D eigenvalue weighted by molar-refractivity contribution is 0.555. The van der Waals surface area contributed by atoms with Gasteiger partial charge >= 0.3 is 5.76 Å². The van der Waals surface area contributed by atoms with Crippen LogP contribution in [0.1, 0.15) is 5.69 Å². The molecule has 4 aromatic rings.